The van der Waals surface area contributed by atoms with Gasteiger partial charge < -0.3 is 14.6 Å². The minimum atomic E-state index is -4.51. The molecule has 2 aromatic carbocycles. The zero-order chi connectivity index (χ0) is 24.4. The van der Waals surface area contributed by atoms with Crippen molar-refractivity contribution in [1.29, 1.82) is 0 Å². The number of pyridine rings is 1. The van der Waals surface area contributed by atoms with Crippen molar-refractivity contribution in [2.75, 3.05) is 32.9 Å². The third-order valence-electron chi connectivity index (χ3n) is 6.37. The summed E-state index contributed by atoms with van der Waals surface area (Å²) in [7, 11) is 0. The highest BCUT2D eigenvalue weighted by atomic mass is 32.2. The lowest BCUT2D eigenvalue weighted by atomic mass is 9.98. The molecule has 0 aliphatic carbocycles. The first-order chi connectivity index (χ1) is 16.9. The van der Waals surface area contributed by atoms with Crippen molar-refractivity contribution in [2.24, 2.45) is 5.92 Å². The molecule has 0 amide bonds. The fourth-order valence-electron chi connectivity index (χ4n) is 4.58. The number of hydrogen-bond donors (Lipinski definition) is 2. The number of quaternary nitrogens is 1. The van der Waals surface area contributed by atoms with Gasteiger partial charge in [0.05, 0.1) is 25.3 Å². The van der Waals surface area contributed by atoms with Gasteiger partial charge in [0.25, 0.3) is 0 Å². The molecule has 0 radical (unpaired) electrons. The highest BCUT2D eigenvalue weighted by molar-refractivity contribution is 7.99. The topological polar surface area (TPSA) is 56.0 Å². The quantitative estimate of drug-likeness (QED) is 0.533. The number of ether oxygens (including phenoxy) is 2. The molecule has 2 N–H and O–H groups in total. The van der Waals surface area contributed by atoms with E-state index < -0.39 is 11.7 Å². The average Bonchev–Trinajstić information content (AvgIpc) is 2.88. The van der Waals surface area contributed by atoms with E-state index in [-0.39, 0.29) is 17.4 Å². The molecule has 5 rings (SSSR count). The zero-order valence-corrected chi connectivity index (χ0v) is 19.8. The van der Waals surface area contributed by atoms with Gasteiger partial charge in [-0.3, -0.25) is 4.90 Å². The number of nitrogens with one attached hydrogen (secondary N) is 1. The van der Waals surface area contributed by atoms with Crippen LogP contribution in [0.2, 0.25) is 0 Å². The Kier molecular flexibility index (Phi) is 6.91. The highest BCUT2D eigenvalue weighted by Gasteiger charge is 2.34. The van der Waals surface area contributed by atoms with Crippen LogP contribution >= 0.6 is 11.8 Å². The van der Waals surface area contributed by atoms with Crippen LogP contribution in [0.3, 0.4) is 0 Å². The maximum Gasteiger partial charge on any atom is 0.417 e. The van der Waals surface area contributed by atoms with Crippen LogP contribution in [-0.4, -0.2) is 43.0 Å². The Morgan fingerprint density at radius 2 is 1.80 bits per heavy atom. The Labute approximate surface area is 205 Å². The number of aromatic nitrogens is 1. The zero-order valence-electron chi connectivity index (χ0n) is 19.0. The summed E-state index contributed by atoms with van der Waals surface area (Å²) < 4.78 is 53.3. The number of fused-ring (bicyclic) bond motifs is 1. The molecule has 35 heavy (non-hydrogen) atoms. The van der Waals surface area contributed by atoms with E-state index in [0.717, 1.165) is 48.4 Å². The monoisotopic (exact) mass is 503 g/mol. The lowest BCUT2D eigenvalue weighted by Crippen LogP contribution is -3.09. The number of benzene rings is 2. The lowest BCUT2D eigenvalue weighted by molar-refractivity contribution is -0.845. The molecule has 1 aromatic heterocycles. The average molecular weight is 504 g/mol. The lowest BCUT2D eigenvalue weighted by Gasteiger charge is -2.27. The summed E-state index contributed by atoms with van der Waals surface area (Å²) >= 11 is 1.05. The second kappa shape index (κ2) is 10.1. The molecule has 0 saturated carbocycles. The SMILES string of the molecule is OCC1CCC[NH+](c2cc(-c3ccc(Sc4ccc5c(c4)OCCO5)c(C(F)(F)F)c3)ccn2)C1. The van der Waals surface area contributed by atoms with Gasteiger partial charge in [0.15, 0.2) is 11.5 Å². The molecule has 2 aliphatic heterocycles. The first-order valence-corrected chi connectivity index (χ1v) is 12.4. The molecule has 2 aliphatic rings. The predicted molar refractivity (Wildman–Crippen MR) is 126 cm³/mol. The second-order valence-corrected chi connectivity index (χ2v) is 9.91. The van der Waals surface area contributed by atoms with Crippen LogP contribution < -0.4 is 14.4 Å². The number of piperidine rings is 1. The summed E-state index contributed by atoms with van der Waals surface area (Å²) in [5.74, 6) is 2.16. The molecule has 9 heteroatoms. The van der Waals surface area contributed by atoms with Crippen molar-refractivity contribution < 1.29 is 32.7 Å². The van der Waals surface area contributed by atoms with Gasteiger partial charge in [0.1, 0.15) is 13.2 Å². The minimum Gasteiger partial charge on any atom is -0.486 e. The first-order valence-electron chi connectivity index (χ1n) is 11.6. The molecule has 0 spiro atoms. The van der Waals surface area contributed by atoms with Gasteiger partial charge in [0.2, 0.25) is 5.82 Å². The van der Waals surface area contributed by atoms with Gasteiger partial charge in [-0.2, -0.15) is 13.2 Å². The Morgan fingerprint density at radius 1 is 1.00 bits per heavy atom. The van der Waals surface area contributed by atoms with E-state index in [9.17, 15) is 18.3 Å². The van der Waals surface area contributed by atoms with Crippen LogP contribution in [0, 0.1) is 5.92 Å². The van der Waals surface area contributed by atoms with Crippen LogP contribution in [0.15, 0.2) is 64.5 Å². The van der Waals surface area contributed by atoms with Crippen molar-refractivity contribution in [3.05, 3.63) is 60.3 Å². The minimum absolute atomic E-state index is 0.125. The molecular formula is C26H26F3N2O3S+. The van der Waals surface area contributed by atoms with Gasteiger partial charge in [-0.15, -0.1) is 0 Å². The number of aliphatic hydroxyl groups is 1. The van der Waals surface area contributed by atoms with Crippen LogP contribution in [0.1, 0.15) is 18.4 Å². The van der Waals surface area contributed by atoms with Gasteiger partial charge in [0, 0.05) is 28.0 Å². The van der Waals surface area contributed by atoms with E-state index in [0.29, 0.717) is 40.7 Å². The van der Waals surface area contributed by atoms with Gasteiger partial charge in [-0.25, -0.2) is 4.98 Å². The number of aliphatic hydroxyl groups excluding tert-OH is 1. The van der Waals surface area contributed by atoms with Gasteiger partial charge >= 0.3 is 6.18 Å². The summed E-state index contributed by atoms with van der Waals surface area (Å²) in [5, 5.41) is 9.53. The van der Waals surface area contributed by atoms with Crippen molar-refractivity contribution in [3.63, 3.8) is 0 Å². The van der Waals surface area contributed by atoms with Crippen molar-refractivity contribution >= 4 is 17.6 Å². The number of rotatable bonds is 5. The fourth-order valence-corrected chi connectivity index (χ4v) is 5.56. The molecule has 5 nitrogen and oxygen atoms in total. The molecule has 3 heterocycles. The van der Waals surface area contributed by atoms with E-state index in [1.807, 2.05) is 6.07 Å². The summed E-state index contributed by atoms with van der Waals surface area (Å²) in [6, 6.07) is 13.2. The highest BCUT2D eigenvalue weighted by Crippen LogP contribution is 2.43. The molecular weight excluding hydrogens is 477 g/mol. The van der Waals surface area contributed by atoms with E-state index in [1.165, 1.54) is 12.1 Å². The fraction of sp³-hybridized carbons (Fsp3) is 0.346. The Hall–Kier alpha value is -2.75. The number of hydrogen-bond acceptors (Lipinski definition) is 5. The molecule has 1 fully saturated rings. The number of halogens is 3. The Morgan fingerprint density at radius 3 is 2.60 bits per heavy atom. The van der Waals surface area contributed by atoms with E-state index in [4.69, 9.17) is 9.47 Å². The van der Waals surface area contributed by atoms with Crippen LogP contribution in [-0.2, 0) is 6.18 Å². The van der Waals surface area contributed by atoms with E-state index in [2.05, 4.69) is 4.98 Å². The normalized spacial score (nSPS) is 20.0. The summed E-state index contributed by atoms with van der Waals surface area (Å²) in [6.45, 7) is 2.67. The summed E-state index contributed by atoms with van der Waals surface area (Å²) in [4.78, 5) is 6.39. The molecule has 2 unspecified atom stereocenters. The second-order valence-electron chi connectivity index (χ2n) is 8.79. The van der Waals surface area contributed by atoms with Gasteiger partial charge in [-0.1, -0.05) is 17.8 Å². The molecule has 0 bridgehead atoms. The molecule has 1 saturated heterocycles. The van der Waals surface area contributed by atoms with E-state index >= 15 is 0 Å². The molecule has 3 aromatic rings. The molecule has 2 atom stereocenters. The maximum atomic E-state index is 14.1. The largest absolute Gasteiger partial charge is 0.486 e. The number of nitrogens with zero attached hydrogens (tertiary/aromatic N) is 1. The first kappa shape index (κ1) is 24.0. The smallest absolute Gasteiger partial charge is 0.417 e. The van der Waals surface area contributed by atoms with Crippen molar-refractivity contribution in [3.8, 4) is 22.6 Å². The summed E-state index contributed by atoms with van der Waals surface area (Å²) in [6.07, 6.45) is -0.895. The third kappa shape index (κ3) is 5.42. The number of alkyl halides is 3. The van der Waals surface area contributed by atoms with Crippen molar-refractivity contribution in [2.45, 2.75) is 28.8 Å². The Bertz CT molecular complexity index is 1200. The van der Waals surface area contributed by atoms with Gasteiger partial charge in [-0.05, 0) is 60.4 Å². The van der Waals surface area contributed by atoms with E-state index in [1.54, 1.807) is 36.5 Å². The van der Waals surface area contributed by atoms with Crippen LogP contribution in [0.25, 0.3) is 11.1 Å². The van der Waals surface area contributed by atoms with Crippen molar-refractivity contribution in [1.82, 2.24) is 4.98 Å². The Balaban J connectivity index is 1.44. The molecule has 184 valence electrons. The van der Waals surface area contributed by atoms with Crippen LogP contribution in [0.5, 0.6) is 11.5 Å². The predicted octanol–water partition coefficient (Wildman–Crippen LogP) is 4.61. The standard InChI is InChI=1S/C26H25F3N2O3S/c27-26(28,29)21-12-18(19-7-8-30-25(13-19)31-9-1-2-17(15-31)16-32)3-6-24(21)35-20-4-5-22-23(14-20)34-11-10-33-22/h3-8,12-14,17,32H,1-2,9-11,15-16H2/p+1. The summed E-state index contributed by atoms with van der Waals surface area (Å²) in [5.41, 5.74) is 0.497. The van der Waals surface area contributed by atoms with Crippen LogP contribution in [0.4, 0.5) is 19.0 Å². The maximum absolute atomic E-state index is 14.1. The third-order valence-corrected chi connectivity index (χ3v) is 7.43.